The molecule has 302 valence electrons. The zero-order chi connectivity index (χ0) is 40.3. The molecule has 0 bridgehead atoms. The summed E-state index contributed by atoms with van der Waals surface area (Å²) in [6.07, 6.45) is 12.3. The fraction of sp³-hybridized carbons (Fsp3) is 0.400. The molecule has 0 nitrogen and oxygen atoms in total. The summed E-state index contributed by atoms with van der Waals surface area (Å²) in [5.74, 6) is 0.424. The molecule has 0 spiro atoms. The Hall–Kier alpha value is -2.83. The van der Waals surface area contributed by atoms with Crippen molar-refractivity contribution in [1.29, 1.82) is 0 Å². The van der Waals surface area contributed by atoms with Gasteiger partial charge in [0.25, 0.3) is 0 Å². The third-order valence-corrected chi connectivity index (χ3v) is 22.5. The largest absolute Gasteiger partial charge is 1.00 e. The Morgan fingerprint density at radius 1 is 0.586 bits per heavy atom. The van der Waals surface area contributed by atoms with Gasteiger partial charge < -0.3 is 24.8 Å². The maximum atomic E-state index is 2.72. The van der Waals surface area contributed by atoms with Crippen molar-refractivity contribution in [1.82, 2.24) is 0 Å². The first kappa shape index (κ1) is 44.7. The van der Waals surface area contributed by atoms with E-state index in [0.29, 0.717) is 9.54 Å². The minimum absolute atomic E-state index is 0. The zero-order valence-electron chi connectivity index (χ0n) is 37.6. The van der Waals surface area contributed by atoms with Crippen LogP contribution in [-0.2, 0) is 42.9 Å². The van der Waals surface area contributed by atoms with Gasteiger partial charge in [0, 0.05) is 0 Å². The van der Waals surface area contributed by atoms with E-state index in [4.69, 9.17) is 0 Å². The van der Waals surface area contributed by atoms with E-state index in [-0.39, 0.29) is 46.5 Å². The first-order valence-electron chi connectivity index (χ1n) is 21.2. The fourth-order valence-electron chi connectivity index (χ4n) is 10.1. The summed E-state index contributed by atoms with van der Waals surface area (Å²) in [4.78, 5) is 0. The van der Waals surface area contributed by atoms with Crippen LogP contribution in [0.25, 0.3) is 22.3 Å². The number of hydrogen-bond acceptors (Lipinski definition) is 0. The summed E-state index contributed by atoms with van der Waals surface area (Å²) in [6, 6.07) is 30.3. The molecule has 4 aromatic rings. The van der Waals surface area contributed by atoms with Gasteiger partial charge >= 0.3 is 349 Å². The van der Waals surface area contributed by atoms with Crippen LogP contribution < -0.4 is 24.8 Å². The van der Waals surface area contributed by atoms with Crippen LogP contribution in [0.4, 0.5) is 0 Å². The summed E-state index contributed by atoms with van der Waals surface area (Å²) in [5.41, 5.74) is 22.4. The molecule has 58 heavy (non-hydrogen) atoms. The molecule has 0 N–H and O–H groups in total. The third kappa shape index (κ3) is 7.69. The maximum absolute atomic E-state index is 3.01. The Morgan fingerprint density at radius 3 is 1.33 bits per heavy atom. The van der Waals surface area contributed by atoms with Crippen LogP contribution >= 0.6 is 0 Å². The van der Waals surface area contributed by atoms with E-state index in [1.807, 2.05) is 0 Å². The van der Waals surface area contributed by atoms with Crippen LogP contribution in [0.3, 0.4) is 0 Å². The molecule has 0 fully saturated rings. The molecular weight excluding hydrogens is 823 g/mol. The summed E-state index contributed by atoms with van der Waals surface area (Å²) < 4.78 is 3.72. The summed E-state index contributed by atoms with van der Waals surface area (Å²) in [5, 5.41) is 0. The van der Waals surface area contributed by atoms with Crippen LogP contribution in [0, 0.1) is 5.92 Å². The number of hydrogen-bond donors (Lipinski definition) is 0. The summed E-state index contributed by atoms with van der Waals surface area (Å²) in [7, 11) is 0. The third-order valence-electron chi connectivity index (χ3n) is 13.8. The normalized spacial score (nSPS) is 18.7. The topological polar surface area (TPSA) is 0 Å². The van der Waals surface area contributed by atoms with E-state index >= 15 is 0 Å². The molecule has 4 aromatic carbocycles. The molecule has 0 heterocycles. The van der Waals surface area contributed by atoms with Crippen LogP contribution in [0.2, 0.25) is 0 Å². The molecule has 3 heteroatoms. The predicted octanol–water partition coefficient (Wildman–Crippen LogP) is 8.90. The molecule has 0 saturated carbocycles. The van der Waals surface area contributed by atoms with Gasteiger partial charge in [-0.05, 0) is 0 Å². The molecular formula is C55H64Cl2Zr. The second-order valence-electron chi connectivity index (χ2n) is 21.1. The molecule has 0 radical (unpaired) electrons. The van der Waals surface area contributed by atoms with Crippen LogP contribution in [0.1, 0.15) is 169 Å². The van der Waals surface area contributed by atoms with Gasteiger partial charge in [0.15, 0.2) is 0 Å². The minimum Gasteiger partial charge on any atom is -1.00 e. The van der Waals surface area contributed by atoms with Gasteiger partial charge in [0.1, 0.15) is 0 Å². The van der Waals surface area contributed by atoms with Crippen molar-refractivity contribution in [2.45, 2.75) is 135 Å². The molecule has 0 aromatic heterocycles. The van der Waals surface area contributed by atoms with E-state index in [1.54, 1.807) is 17.6 Å². The average molecular weight is 887 g/mol. The van der Waals surface area contributed by atoms with Gasteiger partial charge in [-0.15, -0.1) is 0 Å². The first-order chi connectivity index (χ1) is 26.2. The SMILES string of the molecule is CC1=CC(C)[C]([Zr+2](=[C](c2ccc(C(C)(C)C)cc2)c2ccc(C(C)(C)C)cc2)[CH]2c3cc4c(cc3-c3cc5c(cc32)C(C)(C)CC=C5C)C(C)=CCC4(C)C)=C1.[Cl-].[Cl-]. The molecule has 4 aliphatic rings. The Labute approximate surface area is 371 Å². The van der Waals surface area contributed by atoms with E-state index < -0.39 is 21.3 Å². The van der Waals surface area contributed by atoms with Crippen molar-refractivity contribution >= 4 is 14.4 Å². The van der Waals surface area contributed by atoms with Gasteiger partial charge in [-0.3, -0.25) is 0 Å². The van der Waals surface area contributed by atoms with E-state index in [2.05, 4.69) is 194 Å². The van der Waals surface area contributed by atoms with Gasteiger partial charge in [-0.1, -0.05) is 0 Å². The average Bonchev–Trinajstić information content (AvgIpc) is 3.63. The van der Waals surface area contributed by atoms with E-state index in [0.717, 1.165) is 12.8 Å². The smallest absolute Gasteiger partial charge is 1.00 e. The molecule has 4 aliphatic carbocycles. The molecule has 1 atom stereocenters. The second-order valence-corrected chi connectivity index (χ2v) is 27.2. The fourth-order valence-corrected chi connectivity index (χ4v) is 19.8. The quantitative estimate of drug-likeness (QED) is 0.192. The standard InChI is InChI=1S/C27H29.C21H26.C7H9.2ClH.Zr/c1-16-7-9-26(3,4)24-12-18-11-19-13-25-21(17(2)8-10-27(25,5)6)15-23(19)22(18)14-20(16)24;1-20(2,3)18-11-7-16(8-12-18)15-17-9-13-19(14-10-17)21(4,5)6;1-6-3-4-7(2)5-6;;;/h7-8,11-15H,9-10H2,1-6H3;7-14H,1-6H3;3,5,7H,1-2H3;2*1H;/q;;;;;+2/p-2. The van der Waals surface area contributed by atoms with Gasteiger partial charge in [0.2, 0.25) is 0 Å². The summed E-state index contributed by atoms with van der Waals surface area (Å²) in [6.45, 7) is 33.4. The molecule has 8 rings (SSSR count). The Kier molecular flexibility index (Phi) is 12.0. The molecule has 0 aliphatic heterocycles. The molecule has 1 unspecified atom stereocenters. The number of rotatable bonds is 4. The predicted molar refractivity (Wildman–Crippen MR) is 241 cm³/mol. The van der Waals surface area contributed by atoms with Crippen molar-refractivity contribution in [2.24, 2.45) is 5.92 Å². The molecule has 0 amide bonds. The zero-order valence-corrected chi connectivity index (χ0v) is 41.5. The van der Waals surface area contributed by atoms with Crippen molar-refractivity contribution in [3.8, 4) is 11.1 Å². The van der Waals surface area contributed by atoms with Gasteiger partial charge in [0.05, 0.1) is 0 Å². The summed E-state index contributed by atoms with van der Waals surface area (Å²) >= 11 is -3.01. The van der Waals surface area contributed by atoms with Crippen molar-refractivity contribution in [3.05, 3.63) is 162 Å². The second kappa shape index (κ2) is 15.6. The van der Waals surface area contributed by atoms with Crippen LogP contribution in [0.5, 0.6) is 0 Å². The minimum atomic E-state index is -3.01. The van der Waals surface area contributed by atoms with Crippen molar-refractivity contribution in [3.63, 3.8) is 0 Å². The molecule has 0 saturated heterocycles. The number of allylic oxidation sites excluding steroid dienone is 8. The monoisotopic (exact) mass is 884 g/mol. The first-order valence-corrected chi connectivity index (χ1v) is 25.1. The Bertz CT molecular complexity index is 2300. The van der Waals surface area contributed by atoms with Crippen molar-refractivity contribution < 1.29 is 46.1 Å². The van der Waals surface area contributed by atoms with E-state index in [9.17, 15) is 0 Å². The maximum Gasteiger partial charge on any atom is -1.00 e. The van der Waals surface area contributed by atoms with Crippen LogP contribution in [0.15, 0.2) is 106 Å². The van der Waals surface area contributed by atoms with Crippen molar-refractivity contribution in [2.75, 3.05) is 0 Å². The number of benzene rings is 4. The van der Waals surface area contributed by atoms with Gasteiger partial charge in [-0.2, -0.15) is 0 Å². The van der Waals surface area contributed by atoms with Gasteiger partial charge in [-0.25, -0.2) is 0 Å². The van der Waals surface area contributed by atoms with Crippen LogP contribution in [-0.4, -0.2) is 3.21 Å². The Balaban J connectivity index is 0.00000283. The number of halogens is 2. The van der Waals surface area contributed by atoms with E-state index in [1.165, 1.54) is 72.4 Å². The number of fused-ring (bicyclic) bond motifs is 5. The Morgan fingerprint density at radius 2 is 0.983 bits per heavy atom.